The zero-order chi connectivity index (χ0) is 15.6. The van der Waals surface area contributed by atoms with E-state index in [0.29, 0.717) is 12.8 Å². The van der Waals surface area contributed by atoms with Gasteiger partial charge in [-0.1, -0.05) is 12.8 Å². The van der Waals surface area contributed by atoms with Crippen molar-refractivity contribution >= 4 is 11.9 Å². The molecule has 0 radical (unpaired) electrons. The van der Waals surface area contributed by atoms with Gasteiger partial charge in [0.05, 0.1) is 25.2 Å². The minimum absolute atomic E-state index is 0.0698. The molecule has 0 bridgehead atoms. The van der Waals surface area contributed by atoms with Crippen LogP contribution in [0.2, 0.25) is 0 Å². The van der Waals surface area contributed by atoms with E-state index in [1.165, 1.54) is 26.4 Å². The lowest BCUT2D eigenvalue weighted by Gasteiger charge is -2.26. The number of phenols is 1. The minimum atomic E-state index is -1.18. The molecule has 114 valence electrons. The first kappa shape index (κ1) is 15.2. The van der Waals surface area contributed by atoms with E-state index < -0.39 is 17.4 Å². The Bertz CT molecular complexity index is 572. The van der Waals surface area contributed by atoms with Crippen molar-refractivity contribution in [1.82, 2.24) is 0 Å². The van der Waals surface area contributed by atoms with Crippen LogP contribution in [0.25, 0.3) is 0 Å². The Morgan fingerprint density at radius 3 is 2.29 bits per heavy atom. The quantitative estimate of drug-likeness (QED) is 0.826. The fraction of sp³-hybridized carbons (Fsp3) is 0.467. The van der Waals surface area contributed by atoms with Crippen molar-refractivity contribution in [2.45, 2.75) is 31.1 Å². The molecular formula is C15H18O6. The molecule has 1 aromatic rings. The zero-order valence-corrected chi connectivity index (χ0v) is 12.0. The monoisotopic (exact) mass is 294 g/mol. The number of carboxylic acids is 1. The van der Waals surface area contributed by atoms with Crippen LogP contribution in [0.3, 0.4) is 0 Å². The lowest BCUT2D eigenvalue weighted by Crippen LogP contribution is -2.33. The van der Waals surface area contributed by atoms with Gasteiger partial charge in [0.25, 0.3) is 0 Å². The Balaban J connectivity index is 2.66. The number of carbonyl (C=O) groups excluding carboxylic acids is 1. The highest BCUT2D eigenvalue weighted by atomic mass is 16.5. The lowest BCUT2D eigenvalue weighted by atomic mass is 9.77. The van der Waals surface area contributed by atoms with Crippen LogP contribution in [0, 0.1) is 0 Å². The van der Waals surface area contributed by atoms with Gasteiger partial charge in [-0.05, 0) is 25.0 Å². The van der Waals surface area contributed by atoms with Gasteiger partial charge < -0.3 is 19.7 Å². The van der Waals surface area contributed by atoms with Crippen molar-refractivity contribution in [3.8, 4) is 11.5 Å². The van der Waals surface area contributed by atoms with E-state index in [4.69, 9.17) is 4.74 Å². The minimum Gasteiger partial charge on any atom is -0.504 e. The SMILES string of the molecule is COC(=O)c1cc(OC)c(O)c(C2(C(=O)O)CCCC2)c1. The average molecular weight is 294 g/mol. The van der Waals surface area contributed by atoms with Crippen LogP contribution >= 0.6 is 0 Å². The molecule has 1 saturated carbocycles. The largest absolute Gasteiger partial charge is 0.504 e. The van der Waals surface area contributed by atoms with Gasteiger partial charge in [-0.25, -0.2) is 4.79 Å². The number of hydrogen-bond acceptors (Lipinski definition) is 5. The molecule has 0 aliphatic heterocycles. The predicted molar refractivity (Wildman–Crippen MR) is 73.8 cm³/mol. The third-order valence-electron chi connectivity index (χ3n) is 4.10. The standard InChI is InChI=1S/C15H18O6/c1-20-11-8-9(13(17)21-2)7-10(12(11)16)15(14(18)19)5-3-4-6-15/h7-8,16H,3-6H2,1-2H3,(H,18,19). The number of methoxy groups -OCH3 is 2. The van der Waals surface area contributed by atoms with E-state index in [1.807, 2.05) is 0 Å². The Hall–Kier alpha value is -2.24. The molecule has 1 fully saturated rings. The zero-order valence-electron chi connectivity index (χ0n) is 12.0. The molecule has 0 saturated heterocycles. The fourth-order valence-corrected chi connectivity index (χ4v) is 2.94. The smallest absolute Gasteiger partial charge is 0.337 e. The first-order valence-corrected chi connectivity index (χ1v) is 6.69. The van der Waals surface area contributed by atoms with Gasteiger partial charge in [0.2, 0.25) is 0 Å². The molecule has 1 aliphatic rings. The van der Waals surface area contributed by atoms with E-state index in [0.717, 1.165) is 12.8 Å². The van der Waals surface area contributed by atoms with Crippen LogP contribution in [-0.2, 0) is 14.9 Å². The van der Waals surface area contributed by atoms with Crippen LogP contribution in [0.5, 0.6) is 11.5 Å². The number of ether oxygens (including phenoxy) is 2. The Labute approximate surface area is 122 Å². The molecule has 1 aliphatic carbocycles. The molecule has 2 rings (SSSR count). The molecule has 21 heavy (non-hydrogen) atoms. The van der Waals surface area contributed by atoms with Gasteiger partial charge in [0.1, 0.15) is 0 Å². The second-order valence-corrected chi connectivity index (χ2v) is 5.16. The maximum Gasteiger partial charge on any atom is 0.337 e. The van der Waals surface area contributed by atoms with Crippen LogP contribution in [0.4, 0.5) is 0 Å². The Morgan fingerprint density at radius 1 is 1.19 bits per heavy atom. The molecule has 0 spiro atoms. The predicted octanol–water partition coefficient (Wildman–Crippen LogP) is 2.08. The van der Waals surface area contributed by atoms with Gasteiger partial charge in [0.15, 0.2) is 11.5 Å². The van der Waals surface area contributed by atoms with Crippen LogP contribution in [0.15, 0.2) is 12.1 Å². The summed E-state index contributed by atoms with van der Waals surface area (Å²) >= 11 is 0. The second kappa shape index (κ2) is 5.63. The maximum absolute atomic E-state index is 11.8. The number of rotatable bonds is 4. The number of esters is 1. The number of aliphatic carboxylic acids is 1. The summed E-state index contributed by atoms with van der Waals surface area (Å²) in [7, 11) is 2.59. The third kappa shape index (κ3) is 2.41. The van der Waals surface area contributed by atoms with Crippen molar-refractivity contribution in [1.29, 1.82) is 0 Å². The first-order chi connectivity index (χ1) is 9.96. The Morgan fingerprint density at radius 2 is 1.81 bits per heavy atom. The number of benzene rings is 1. The highest BCUT2D eigenvalue weighted by molar-refractivity contribution is 5.92. The van der Waals surface area contributed by atoms with E-state index in [2.05, 4.69) is 4.74 Å². The van der Waals surface area contributed by atoms with Crippen molar-refractivity contribution < 1.29 is 29.3 Å². The third-order valence-corrected chi connectivity index (χ3v) is 4.10. The van der Waals surface area contributed by atoms with Crippen LogP contribution < -0.4 is 4.74 Å². The molecule has 2 N–H and O–H groups in total. The van der Waals surface area contributed by atoms with Gasteiger partial charge in [0, 0.05) is 5.56 Å². The molecule has 6 nitrogen and oxygen atoms in total. The summed E-state index contributed by atoms with van der Waals surface area (Å²) in [6.45, 7) is 0. The maximum atomic E-state index is 11.8. The van der Waals surface area contributed by atoms with E-state index in [9.17, 15) is 19.8 Å². The van der Waals surface area contributed by atoms with Crippen molar-refractivity contribution in [2.24, 2.45) is 0 Å². The molecule has 6 heteroatoms. The highest BCUT2D eigenvalue weighted by Gasteiger charge is 2.45. The summed E-state index contributed by atoms with van der Waals surface area (Å²) in [5.41, 5.74) is -0.802. The number of hydrogen-bond donors (Lipinski definition) is 2. The summed E-state index contributed by atoms with van der Waals surface area (Å²) in [5, 5.41) is 19.9. The molecule has 0 amide bonds. The van der Waals surface area contributed by atoms with Gasteiger partial charge in [-0.2, -0.15) is 0 Å². The lowest BCUT2D eigenvalue weighted by molar-refractivity contribution is -0.143. The number of carbonyl (C=O) groups is 2. The Kier molecular flexibility index (Phi) is 4.06. The average Bonchev–Trinajstić information content (AvgIpc) is 2.97. The molecular weight excluding hydrogens is 276 g/mol. The summed E-state index contributed by atoms with van der Waals surface area (Å²) in [6.07, 6.45) is 2.36. The van der Waals surface area contributed by atoms with Crippen molar-refractivity contribution in [3.63, 3.8) is 0 Å². The van der Waals surface area contributed by atoms with Crippen molar-refractivity contribution in [2.75, 3.05) is 14.2 Å². The topological polar surface area (TPSA) is 93.1 Å². The van der Waals surface area contributed by atoms with E-state index in [1.54, 1.807) is 0 Å². The molecule has 0 unspecified atom stereocenters. The molecule has 0 heterocycles. The summed E-state index contributed by atoms with van der Waals surface area (Å²) < 4.78 is 9.72. The van der Waals surface area contributed by atoms with Gasteiger partial charge >= 0.3 is 11.9 Å². The molecule has 0 atom stereocenters. The van der Waals surface area contributed by atoms with Gasteiger partial charge in [-0.15, -0.1) is 0 Å². The van der Waals surface area contributed by atoms with E-state index >= 15 is 0 Å². The molecule has 0 aromatic heterocycles. The number of phenolic OH excluding ortho intramolecular Hbond substituents is 1. The fourth-order valence-electron chi connectivity index (χ4n) is 2.94. The van der Waals surface area contributed by atoms with E-state index in [-0.39, 0.29) is 22.6 Å². The summed E-state index contributed by atoms with van der Waals surface area (Å²) in [6, 6.07) is 2.73. The number of aromatic hydroxyl groups is 1. The highest BCUT2D eigenvalue weighted by Crippen LogP contribution is 2.47. The first-order valence-electron chi connectivity index (χ1n) is 6.69. The van der Waals surface area contributed by atoms with Crippen molar-refractivity contribution in [3.05, 3.63) is 23.3 Å². The number of carboxylic acid groups (broad SMARTS) is 1. The van der Waals surface area contributed by atoms with Crippen LogP contribution in [-0.4, -0.2) is 36.4 Å². The molecule has 1 aromatic carbocycles. The summed E-state index contributed by atoms with van der Waals surface area (Å²) in [4.78, 5) is 23.5. The summed E-state index contributed by atoms with van der Waals surface area (Å²) in [5.74, 6) is -1.76. The second-order valence-electron chi connectivity index (χ2n) is 5.16. The van der Waals surface area contributed by atoms with Gasteiger partial charge in [-0.3, -0.25) is 4.79 Å². The normalized spacial score (nSPS) is 16.5. The van der Waals surface area contributed by atoms with Crippen LogP contribution in [0.1, 0.15) is 41.6 Å².